The van der Waals surface area contributed by atoms with Crippen LogP contribution in [0.3, 0.4) is 0 Å². The molecule has 2 unspecified atom stereocenters. The summed E-state index contributed by atoms with van der Waals surface area (Å²) in [6.45, 7) is 2.70. The molecule has 2 atom stereocenters. The number of aromatic nitrogens is 1. The molecule has 43 heavy (non-hydrogen) atoms. The molecule has 0 bridgehead atoms. The summed E-state index contributed by atoms with van der Waals surface area (Å²) in [5, 5.41) is 0. The summed E-state index contributed by atoms with van der Waals surface area (Å²) in [6, 6.07) is 11.5. The average molecular weight is 585 g/mol. The fourth-order valence-corrected chi connectivity index (χ4v) is 7.11. The molecule has 3 heterocycles. The van der Waals surface area contributed by atoms with Crippen molar-refractivity contribution in [3.05, 3.63) is 105 Å². The molecule has 7 nitrogen and oxygen atoms in total. The molecular weight excluding hydrogens is 554 g/mol. The SMILES string of the molecule is Cc1cnccc1CN1CC(c2cc(F)c(C3CC(=C4C(=O)OC5(CCCC5)OC4=O)c4ccccc43)c(F)c2)CC1=O. The lowest BCUT2D eigenvalue weighted by Gasteiger charge is -2.33. The quantitative estimate of drug-likeness (QED) is 0.218. The van der Waals surface area contributed by atoms with Crippen molar-refractivity contribution in [2.75, 3.05) is 6.54 Å². The summed E-state index contributed by atoms with van der Waals surface area (Å²) < 4.78 is 43.1. The van der Waals surface area contributed by atoms with Gasteiger partial charge in [0, 0.05) is 62.1 Å². The van der Waals surface area contributed by atoms with E-state index in [-0.39, 0.29) is 35.8 Å². The highest BCUT2D eigenvalue weighted by atomic mass is 19.1. The van der Waals surface area contributed by atoms with Crippen LogP contribution in [0.1, 0.15) is 83.7 Å². The minimum absolute atomic E-state index is 0.0417. The van der Waals surface area contributed by atoms with E-state index in [1.807, 2.05) is 13.0 Å². The van der Waals surface area contributed by atoms with Crippen LogP contribution in [0, 0.1) is 18.6 Å². The van der Waals surface area contributed by atoms with Crippen molar-refractivity contribution in [1.82, 2.24) is 9.88 Å². The Morgan fingerprint density at radius 1 is 0.977 bits per heavy atom. The molecule has 2 aromatic carbocycles. The number of halogens is 2. The molecule has 220 valence electrons. The Morgan fingerprint density at radius 2 is 1.67 bits per heavy atom. The Bertz CT molecular complexity index is 1670. The number of carbonyl (C=O) groups is 3. The van der Waals surface area contributed by atoms with Gasteiger partial charge < -0.3 is 14.4 Å². The first kappa shape index (κ1) is 27.4. The number of fused-ring (bicyclic) bond motifs is 1. The molecule has 0 radical (unpaired) electrons. The lowest BCUT2D eigenvalue weighted by Crippen LogP contribution is -2.44. The first-order valence-electron chi connectivity index (χ1n) is 14.7. The molecule has 1 spiro atoms. The average Bonchev–Trinajstić information content (AvgIpc) is 3.67. The predicted octanol–water partition coefficient (Wildman–Crippen LogP) is 5.84. The molecular formula is C34H30F2N2O5. The van der Waals surface area contributed by atoms with Gasteiger partial charge in [-0.25, -0.2) is 18.4 Å². The number of allylic oxidation sites excluding steroid dienone is 1. The van der Waals surface area contributed by atoms with Crippen LogP contribution in [0.4, 0.5) is 8.78 Å². The summed E-state index contributed by atoms with van der Waals surface area (Å²) in [6.07, 6.45) is 6.14. The van der Waals surface area contributed by atoms with Crippen molar-refractivity contribution in [3.8, 4) is 0 Å². The summed E-state index contributed by atoms with van der Waals surface area (Å²) in [5.41, 5.74) is 3.59. The van der Waals surface area contributed by atoms with E-state index in [9.17, 15) is 14.4 Å². The van der Waals surface area contributed by atoms with Crippen LogP contribution in [-0.2, 0) is 30.4 Å². The van der Waals surface area contributed by atoms with E-state index in [0.717, 1.165) is 24.0 Å². The number of benzene rings is 2. The smallest absolute Gasteiger partial charge is 0.349 e. The van der Waals surface area contributed by atoms with Gasteiger partial charge in [0.15, 0.2) is 0 Å². The maximum Gasteiger partial charge on any atom is 0.349 e. The number of nitrogens with zero attached hydrogens (tertiary/aromatic N) is 2. The standard InChI is InChI=1S/C34H30F2N2O5/c1-19-16-37-11-8-20(19)17-38-18-22(14-29(38)39)21-12-27(35)30(28(36)13-21)25-15-26(24-7-3-2-6-23(24)25)31-32(40)42-34(43-33(31)41)9-4-5-10-34/h2-3,6-8,11-13,16,22,25H,4-5,9-10,14-15,17-18H2,1H3. The van der Waals surface area contributed by atoms with Gasteiger partial charge in [-0.05, 0) is 77.8 Å². The number of esters is 2. The Kier molecular flexibility index (Phi) is 6.63. The summed E-state index contributed by atoms with van der Waals surface area (Å²) in [5.74, 6) is -5.35. The second-order valence-electron chi connectivity index (χ2n) is 12.0. The van der Waals surface area contributed by atoms with Gasteiger partial charge in [-0.3, -0.25) is 9.78 Å². The zero-order valence-corrected chi connectivity index (χ0v) is 23.7. The number of aryl methyl sites for hydroxylation is 1. The van der Waals surface area contributed by atoms with Gasteiger partial charge in [-0.2, -0.15) is 0 Å². The number of likely N-dealkylation sites (tertiary alicyclic amines) is 1. The van der Waals surface area contributed by atoms with Crippen LogP contribution in [0.2, 0.25) is 0 Å². The van der Waals surface area contributed by atoms with Crippen molar-refractivity contribution in [3.63, 3.8) is 0 Å². The molecule has 3 aromatic rings. The summed E-state index contributed by atoms with van der Waals surface area (Å²) in [7, 11) is 0. The minimum atomic E-state index is -1.21. The molecule has 2 aliphatic heterocycles. The molecule has 3 fully saturated rings. The Morgan fingerprint density at radius 3 is 2.37 bits per heavy atom. The van der Waals surface area contributed by atoms with E-state index < -0.39 is 35.3 Å². The van der Waals surface area contributed by atoms with Crippen molar-refractivity contribution in [2.24, 2.45) is 0 Å². The molecule has 1 saturated carbocycles. The number of amides is 1. The Balaban J connectivity index is 1.18. The van der Waals surface area contributed by atoms with Crippen LogP contribution in [0.5, 0.6) is 0 Å². The first-order valence-corrected chi connectivity index (χ1v) is 14.7. The summed E-state index contributed by atoms with van der Waals surface area (Å²) in [4.78, 5) is 44.9. The van der Waals surface area contributed by atoms with Crippen LogP contribution in [0.25, 0.3) is 5.57 Å². The zero-order valence-electron chi connectivity index (χ0n) is 23.7. The Hall–Kier alpha value is -4.40. The highest BCUT2D eigenvalue weighted by Crippen LogP contribution is 2.49. The van der Waals surface area contributed by atoms with Crippen LogP contribution in [-0.4, -0.2) is 40.1 Å². The van der Waals surface area contributed by atoms with Gasteiger partial charge in [0.25, 0.3) is 5.79 Å². The lowest BCUT2D eigenvalue weighted by atomic mass is 9.88. The van der Waals surface area contributed by atoms with Crippen LogP contribution < -0.4 is 0 Å². The van der Waals surface area contributed by atoms with Gasteiger partial charge in [0.1, 0.15) is 17.2 Å². The second kappa shape index (κ2) is 10.4. The van der Waals surface area contributed by atoms with Gasteiger partial charge >= 0.3 is 11.9 Å². The van der Waals surface area contributed by atoms with Gasteiger partial charge in [-0.15, -0.1) is 0 Å². The zero-order chi connectivity index (χ0) is 29.9. The predicted molar refractivity (Wildman–Crippen MR) is 151 cm³/mol. The van der Waals surface area contributed by atoms with Gasteiger partial charge in [-0.1, -0.05) is 24.3 Å². The van der Waals surface area contributed by atoms with E-state index in [4.69, 9.17) is 9.47 Å². The van der Waals surface area contributed by atoms with Crippen molar-refractivity contribution >= 4 is 23.4 Å². The third kappa shape index (κ3) is 4.71. The van der Waals surface area contributed by atoms with Gasteiger partial charge in [0.2, 0.25) is 5.91 Å². The van der Waals surface area contributed by atoms with Crippen LogP contribution in [0.15, 0.2) is 60.4 Å². The van der Waals surface area contributed by atoms with E-state index >= 15 is 8.78 Å². The largest absolute Gasteiger partial charge is 0.419 e. The van der Waals surface area contributed by atoms with Crippen molar-refractivity contribution < 1.29 is 32.6 Å². The highest BCUT2D eigenvalue weighted by molar-refractivity contribution is 6.21. The molecule has 9 heteroatoms. The third-order valence-corrected chi connectivity index (χ3v) is 9.34. The minimum Gasteiger partial charge on any atom is -0.419 e. The molecule has 4 aliphatic rings. The normalized spacial score (nSPS) is 22.8. The molecule has 2 saturated heterocycles. The number of pyridine rings is 1. The monoisotopic (exact) mass is 584 g/mol. The number of ether oxygens (including phenoxy) is 2. The lowest BCUT2D eigenvalue weighted by molar-refractivity contribution is -0.232. The molecule has 2 aliphatic carbocycles. The molecule has 1 aromatic heterocycles. The molecule has 1 amide bonds. The van der Waals surface area contributed by atoms with E-state index in [1.54, 1.807) is 41.6 Å². The molecule has 0 N–H and O–H groups in total. The second-order valence-corrected chi connectivity index (χ2v) is 12.0. The maximum absolute atomic E-state index is 15.9. The van der Waals surface area contributed by atoms with E-state index in [0.29, 0.717) is 48.2 Å². The van der Waals surface area contributed by atoms with Crippen molar-refractivity contribution in [2.45, 2.75) is 69.6 Å². The number of hydrogen-bond donors (Lipinski definition) is 0. The summed E-state index contributed by atoms with van der Waals surface area (Å²) >= 11 is 0. The number of carbonyl (C=O) groups excluding carboxylic acids is 3. The van der Waals surface area contributed by atoms with E-state index in [1.165, 1.54) is 12.1 Å². The maximum atomic E-state index is 15.9. The van der Waals surface area contributed by atoms with Gasteiger partial charge in [0.05, 0.1) is 0 Å². The van der Waals surface area contributed by atoms with E-state index in [2.05, 4.69) is 4.98 Å². The fraction of sp³-hybridized carbons (Fsp3) is 0.353. The number of hydrogen-bond acceptors (Lipinski definition) is 6. The number of rotatable bonds is 4. The first-order chi connectivity index (χ1) is 20.7. The third-order valence-electron chi connectivity index (χ3n) is 9.34. The fourth-order valence-electron chi connectivity index (χ4n) is 7.11. The van der Waals surface area contributed by atoms with Crippen molar-refractivity contribution in [1.29, 1.82) is 0 Å². The Labute approximate surface area is 247 Å². The topological polar surface area (TPSA) is 85.8 Å². The molecule has 7 rings (SSSR count). The van der Waals surface area contributed by atoms with Crippen LogP contribution >= 0.6 is 0 Å². The highest BCUT2D eigenvalue weighted by Gasteiger charge is 2.50.